The summed E-state index contributed by atoms with van der Waals surface area (Å²) in [5.74, 6) is 0. The zero-order chi connectivity index (χ0) is 6.57. The summed E-state index contributed by atoms with van der Waals surface area (Å²) in [6, 6.07) is 0. The molecule has 0 rings (SSSR count). The fourth-order valence-corrected chi connectivity index (χ4v) is 0.292. The molecule has 2 nitrogen and oxygen atoms in total. The molecule has 8 heavy (non-hydrogen) atoms. The molecule has 0 spiro atoms. The minimum atomic E-state index is 0.979. The number of hydrogen-bond acceptors (Lipinski definition) is 1. The predicted molar refractivity (Wildman–Crippen MR) is 33.1 cm³/mol. The van der Waals surface area contributed by atoms with E-state index in [9.17, 15) is 0 Å². The summed E-state index contributed by atoms with van der Waals surface area (Å²) in [6.45, 7) is 3.92. The summed E-state index contributed by atoms with van der Waals surface area (Å²) in [5, 5.41) is 3.81. The average Bonchev–Trinajstić information content (AvgIpc) is 1.67. The van der Waals surface area contributed by atoms with Gasteiger partial charge in [0.2, 0.25) is 0 Å². The zero-order valence-electron chi connectivity index (χ0n) is 5.34. The van der Waals surface area contributed by atoms with Crippen LogP contribution in [0.4, 0.5) is 0 Å². The fraction of sp³-hybridized carbons (Fsp3) is 0.600. The first-order valence-corrected chi connectivity index (χ1v) is 3.04. The molecule has 0 unspecified atom stereocenters. The van der Waals surface area contributed by atoms with Crippen LogP contribution in [0.5, 0.6) is 0 Å². The molecule has 45 valence electrons. The van der Waals surface area contributed by atoms with Gasteiger partial charge in [0.25, 0.3) is 0 Å². The summed E-state index contributed by atoms with van der Waals surface area (Å²) < 4.78 is 1.16. The van der Waals surface area contributed by atoms with E-state index in [-0.39, 0.29) is 0 Å². The summed E-state index contributed by atoms with van der Waals surface area (Å²) in [7, 11) is 1.67. The molecule has 0 fully saturated rings. The number of rotatable bonds is 2. The Bertz CT molecular complexity index is 118. The molecule has 0 bridgehead atoms. The van der Waals surface area contributed by atoms with Crippen LogP contribution in [-0.2, 0) is 17.0 Å². The Morgan fingerprint density at radius 2 is 2.00 bits per heavy atom. The van der Waals surface area contributed by atoms with E-state index in [1.54, 1.807) is 7.05 Å². The van der Waals surface area contributed by atoms with E-state index in [0.29, 0.717) is 0 Å². The Labute approximate surface area is 58.9 Å². The molecule has 0 aliphatic heterocycles. The topological polar surface area (TPSA) is 26.5 Å². The van der Waals surface area contributed by atoms with Crippen molar-refractivity contribution in [2.24, 2.45) is 5.10 Å². The predicted octanol–water partition coefficient (Wildman–Crippen LogP) is 1.10. The SMILES string of the molecule is C[N-]/N=C(/C)[C](C)=[V]. The van der Waals surface area contributed by atoms with Gasteiger partial charge in [-0.3, -0.25) is 0 Å². The van der Waals surface area contributed by atoms with Gasteiger partial charge in [-0.05, 0) is 0 Å². The normalized spacial score (nSPS) is 11.0. The summed E-state index contributed by atoms with van der Waals surface area (Å²) in [5.41, 5.74) is 4.59. The van der Waals surface area contributed by atoms with Crippen LogP contribution < -0.4 is 0 Å². The number of nitrogens with zero attached hydrogens (tertiary/aromatic N) is 2. The van der Waals surface area contributed by atoms with Crippen LogP contribution in [0.25, 0.3) is 5.43 Å². The van der Waals surface area contributed by atoms with E-state index in [2.05, 4.69) is 27.5 Å². The van der Waals surface area contributed by atoms with Crippen molar-refractivity contribution in [1.82, 2.24) is 0 Å². The quantitative estimate of drug-likeness (QED) is 0.414. The Morgan fingerprint density at radius 1 is 1.50 bits per heavy atom. The maximum atomic E-state index is 3.81. The van der Waals surface area contributed by atoms with E-state index >= 15 is 0 Å². The van der Waals surface area contributed by atoms with Gasteiger partial charge in [0.05, 0.1) is 0 Å². The Kier molecular flexibility index (Phi) is 3.83. The third-order valence-corrected chi connectivity index (χ3v) is 1.28. The summed E-state index contributed by atoms with van der Waals surface area (Å²) in [4.78, 5) is 0. The van der Waals surface area contributed by atoms with Gasteiger partial charge in [-0.25, -0.2) is 0 Å². The van der Waals surface area contributed by atoms with Gasteiger partial charge in [0.15, 0.2) is 0 Å². The van der Waals surface area contributed by atoms with Crippen molar-refractivity contribution < 1.29 is 17.0 Å². The van der Waals surface area contributed by atoms with Crippen LogP contribution in [0.3, 0.4) is 0 Å². The Balaban J connectivity index is 3.80. The van der Waals surface area contributed by atoms with E-state index in [1.165, 1.54) is 0 Å². The van der Waals surface area contributed by atoms with Crippen LogP contribution in [0, 0.1) is 0 Å². The molecule has 0 saturated heterocycles. The Hall–Kier alpha value is -0.0756. The molecule has 0 amide bonds. The van der Waals surface area contributed by atoms with Gasteiger partial charge >= 0.3 is 58.3 Å². The van der Waals surface area contributed by atoms with E-state index in [0.717, 1.165) is 9.94 Å². The van der Waals surface area contributed by atoms with Crippen molar-refractivity contribution in [3.63, 3.8) is 0 Å². The Morgan fingerprint density at radius 3 is 2.12 bits per heavy atom. The van der Waals surface area contributed by atoms with Crippen molar-refractivity contribution in [2.45, 2.75) is 13.8 Å². The van der Waals surface area contributed by atoms with Crippen LogP contribution in [0.1, 0.15) is 13.8 Å². The van der Waals surface area contributed by atoms with E-state index in [4.69, 9.17) is 0 Å². The molecule has 0 saturated carbocycles. The van der Waals surface area contributed by atoms with Crippen LogP contribution in [-0.4, -0.2) is 17.0 Å². The molecular weight excluding hydrogens is 139 g/mol. The first-order valence-electron chi connectivity index (χ1n) is 2.34. The third kappa shape index (κ3) is 3.00. The molecule has 0 N–H and O–H groups in total. The second kappa shape index (κ2) is 3.87. The molecular formula is C5H9N2V-. The molecule has 0 aromatic carbocycles. The minimum absolute atomic E-state index is 0.979. The van der Waals surface area contributed by atoms with Crippen molar-refractivity contribution in [3.8, 4) is 0 Å². The van der Waals surface area contributed by atoms with Crippen molar-refractivity contribution >= 4 is 9.94 Å². The van der Waals surface area contributed by atoms with Gasteiger partial charge in [-0.15, -0.1) is 0 Å². The van der Waals surface area contributed by atoms with Crippen LogP contribution in [0.2, 0.25) is 0 Å². The van der Waals surface area contributed by atoms with Crippen molar-refractivity contribution in [2.75, 3.05) is 7.05 Å². The molecule has 0 atom stereocenters. The molecule has 0 aromatic rings. The van der Waals surface area contributed by atoms with Gasteiger partial charge < -0.3 is 0 Å². The summed E-state index contributed by atoms with van der Waals surface area (Å²) in [6.07, 6.45) is 0. The van der Waals surface area contributed by atoms with E-state index in [1.807, 2.05) is 13.8 Å². The standard InChI is InChI=1S/C5H9N2.V/c1-4-5(2)7-6-3;/h1-3H3;/q-1;/b7-5-;. The van der Waals surface area contributed by atoms with Gasteiger partial charge in [-0.1, -0.05) is 0 Å². The maximum absolute atomic E-state index is 3.81. The molecule has 3 heteroatoms. The fourth-order valence-electron chi connectivity index (χ4n) is 0.222. The van der Waals surface area contributed by atoms with Crippen LogP contribution >= 0.6 is 0 Å². The summed E-state index contributed by atoms with van der Waals surface area (Å²) >= 11 is 2.43. The average molecular weight is 148 g/mol. The van der Waals surface area contributed by atoms with Crippen molar-refractivity contribution in [3.05, 3.63) is 5.43 Å². The first-order chi connectivity index (χ1) is 3.68. The van der Waals surface area contributed by atoms with Crippen molar-refractivity contribution in [1.29, 1.82) is 0 Å². The zero-order valence-corrected chi connectivity index (χ0v) is 6.74. The second-order valence-electron chi connectivity index (χ2n) is 1.47. The first kappa shape index (κ1) is 7.92. The van der Waals surface area contributed by atoms with E-state index < -0.39 is 0 Å². The molecule has 0 aromatic heterocycles. The van der Waals surface area contributed by atoms with Gasteiger partial charge in [-0.2, -0.15) is 0 Å². The molecule has 0 heterocycles. The van der Waals surface area contributed by atoms with Gasteiger partial charge in [0.1, 0.15) is 0 Å². The van der Waals surface area contributed by atoms with Gasteiger partial charge in [0, 0.05) is 0 Å². The third-order valence-electron chi connectivity index (χ3n) is 0.774. The monoisotopic (exact) mass is 148 g/mol. The second-order valence-corrected chi connectivity index (χ2v) is 2.52. The number of hydrogen-bond donors (Lipinski definition) is 0. The molecule has 0 aliphatic carbocycles. The van der Waals surface area contributed by atoms with Crippen LogP contribution in [0.15, 0.2) is 5.10 Å². The molecule has 0 aliphatic rings. The molecule has 0 radical (unpaired) electrons.